The maximum absolute atomic E-state index is 12.0. The smallest absolute Gasteiger partial charge is 0.319 e. The van der Waals surface area contributed by atoms with Gasteiger partial charge in [0, 0.05) is 6.54 Å². The lowest BCUT2D eigenvalue weighted by Gasteiger charge is -2.21. The number of para-hydroxylation sites is 1. The molecular formula is C15H19N3O3. The van der Waals surface area contributed by atoms with Crippen LogP contribution in [-0.4, -0.2) is 22.6 Å². The molecule has 1 aliphatic carbocycles. The van der Waals surface area contributed by atoms with Gasteiger partial charge in [-0.1, -0.05) is 36.2 Å². The number of rotatable bonds is 3. The standard InChI is InChI=1S/C15H19N3O3/c19-14-12-8-4-5-9-13(12)17-18(14)21-15(20)16-10-11-6-2-1-3-7-11/h4-5,8-9,11,17H,1-3,6-7,10H2,(H,16,20). The second-order valence-electron chi connectivity index (χ2n) is 5.52. The van der Waals surface area contributed by atoms with E-state index in [0.717, 1.165) is 17.7 Å². The number of benzene rings is 1. The highest BCUT2D eigenvalue weighted by molar-refractivity contribution is 5.77. The summed E-state index contributed by atoms with van der Waals surface area (Å²) in [7, 11) is 0. The van der Waals surface area contributed by atoms with Crippen LogP contribution in [0.2, 0.25) is 0 Å². The van der Waals surface area contributed by atoms with E-state index in [1.165, 1.54) is 19.3 Å². The van der Waals surface area contributed by atoms with E-state index in [0.29, 0.717) is 23.4 Å². The van der Waals surface area contributed by atoms with Gasteiger partial charge in [0.1, 0.15) is 0 Å². The van der Waals surface area contributed by atoms with Crippen molar-refractivity contribution < 1.29 is 9.63 Å². The zero-order valence-electron chi connectivity index (χ0n) is 11.8. The van der Waals surface area contributed by atoms with Gasteiger partial charge in [-0.15, -0.1) is 0 Å². The number of nitrogens with zero attached hydrogens (tertiary/aromatic N) is 1. The van der Waals surface area contributed by atoms with Crippen LogP contribution in [-0.2, 0) is 0 Å². The number of aromatic nitrogens is 2. The molecule has 6 nitrogen and oxygen atoms in total. The maximum atomic E-state index is 12.0. The lowest BCUT2D eigenvalue weighted by molar-refractivity contribution is 0.110. The Bertz CT molecular complexity index is 683. The van der Waals surface area contributed by atoms with E-state index >= 15 is 0 Å². The van der Waals surface area contributed by atoms with Gasteiger partial charge in [0.2, 0.25) is 0 Å². The van der Waals surface area contributed by atoms with Gasteiger partial charge >= 0.3 is 11.7 Å². The first-order valence-corrected chi connectivity index (χ1v) is 7.40. The number of amides is 1. The molecule has 6 heteroatoms. The Morgan fingerprint density at radius 1 is 1.29 bits per heavy atom. The third-order valence-electron chi connectivity index (χ3n) is 4.00. The number of nitrogens with one attached hydrogen (secondary N) is 2. The minimum absolute atomic E-state index is 0.363. The summed E-state index contributed by atoms with van der Waals surface area (Å²) in [6.45, 7) is 0.605. The van der Waals surface area contributed by atoms with Crippen LogP contribution >= 0.6 is 0 Å². The minimum atomic E-state index is -0.603. The number of hydrogen-bond donors (Lipinski definition) is 2. The van der Waals surface area contributed by atoms with Crippen molar-refractivity contribution in [3.63, 3.8) is 0 Å². The molecule has 0 bridgehead atoms. The maximum Gasteiger partial charge on any atom is 0.433 e. The summed E-state index contributed by atoms with van der Waals surface area (Å²) in [6, 6.07) is 7.03. The van der Waals surface area contributed by atoms with Crippen molar-refractivity contribution in [2.24, 2.45) is 5.92 Å². The van der Waals surface area contributed by atoms with Crippen LogP contribution in [0, 0.1) is 5.92 Å². The number of carbonyl (C=O) groups excluding carboxylic acids is 1. The molecule has 1 amide bonds. The van der Waals surface area contributed by atoms with Crippen LogP contribution in [0.4, 0.5) is 4.79 Å². The largest absolute Gasteiger partial charge is 0.433 e. The fraction of sp³-hybridized carbons (Fsp3) is 0.467. The molecule has 1 fully saturated rings. The van der Waals surface area contributed by atoms with E-state index < -0.39 is 6.09 Å². The highest BCUT2D eigenvalue weighted by Crippen LogP contribution is 2.22. The number of aromatic amines is 1. The highest BCUT2D eigenvalue weighted by atomic mass is 16.7. The van der Waals surface area contributed by atoms with Gasteiger partial charge in [-0.3, -0.25) is 14.7 Å². The Morgan fingerprint density at radius 2 is 2.05 bits per heavy atom. The molecule has 2 N–H and O–H groups in total. The molecule has 0 saturated heterocycles. The third kappa shape index (κ3) is 3.09. The second-order valence-corrected chi connectivity index (χ2v) is 5.52. The van der Waals surface area contributed by atoms with Gasteiger partial charge in [-0.2, -0.15) is 0 Å². The molecule has 21 heavy (non-hydrogen) atoms. The van der Waals surface area contributed by atoms with Crippen molar-refractivity contribution in [1.29, 1.82) is 0 Å². The summed E-state index contributed by atoms with van der Waals surface area (Å²) in [5, 5.41) is 5.98. The molecule has 1 saturated carbocycles. The number of H-pyrrole nitrogens is 1. The Morgan fingerprint density at radius 3 is 2.81 bits per heavy atom. The van der Waals surface area contributed by atoms with Crippen LogP contribution in [0.5, 0.6) is 0 Å². The molecule has 0 unspecified atom stereocenters. The summed E-state index contributed by atoms with van der Waals surface area (Å²) in [5.74, 6) is 0.519. The molecular weight excluding hydrogens is 270 g/mol. The zero-order valence-corrected chi connectivity index (χ0v) is 11.8. The molecule has 1 heterocycles. The van der Waals surface area contributed by atoms with Gasteiger partial charge < -0.3 is 5.32 Å². The SMILES string of the molecule is O=C(NCC1CCCCC1)On1[nH]c2ccccc2c1=O. The quantitative estimate of drug-likeness (QED) is 0.908. The first kappa shape index (κ1) is 13.7. The Hall–Kier alpha value is -2.24. The Kier molecular flexibility index (Phi) is 3.94. The topological polar surface area (TPSA) is 76.1 Å². The average Bonchev–Trinajstić information content (AvgIpc) is 2.83. The van der Waals surface area contributed by atoms with E-state index in [4.69, 9.17) is 4.84 Å². The predicted octanol–water partition coefficient (Wildman–Crippen LogP) is 2.05. The summed E-state index contributed by atoms with van der Waals surface area (Å²) >= 11 is 0. The van der Waals surface area contributed by atoms with E-state index in [2.05, 4.69) is 10.4 Å². The van der Waals surface area contributed by atoms with Gasteiger partial charge in [0.15, 0.2) is 0 Å². The number of carbonyl (C=O) groups is 1. The third-order valence-corrected chi connectivity index (χ3v) is 4.00. The van der Waals surface area contributed by atoms with Gasteiger partial charge in [-0.25, -0.2) is 4.79 Å². The van der Waals surface area contributed by atoms with Crippen molar-refractivity contribution in [3.8, 4) is 0 Å². The molecule has 1 aliphatic rings. The lowest BCUT2D eigenvalue weighted by atomic mass is 9.89. The van der Waals surface area contributed by atoms with E-state index in [-0.39, 0.29) is 5.56 Å². The first-order chi connectivity index (χ1) is 10.2. The monoisotopic (exact) mass is 289 g/mol. The Labute approximate surface area is 122 Å². The van der Waals surface area contributed by atoms with Crippen LogP contribution < -0.4 is 15.7 Å². The zero-order chi connectivity index (χ0) is 14.7. The fourth-order valence-electron chi connectivity index (χ4n) is 2.84. The van der Waals surface area contributed by atoms with Gasteiger partial charge in [0.25, 0.3) is 0 Å². The molecule has 0 atom stereocenters. The molecule has 1 aromatic carbocycles. The average molecular weight is 289 g/mol. The van der Waals surface area contributed by atoms with E-state index in [1.807, 2.05) is 6.07 Å². The summed E-state index contributed by atoms with van der Waals surface area (Å²) in [4.78, 5) is 29.7. The summed E-state index contributed by atoms with van der Waals surface area (Å²) in [6.07, 6.45) is 5.42. The predicted molar refractivity (Wildman–Crippen MR) is 79.1 cm³/mol. The van der Waals surface area contributed by atoms with Crippen molar-refractivity contribution in [2.45, 2.75) is 32.1 Å². The molecule has 3 rings (SSSR count). The van der Waals surface area contributed by atoms with Crippen molar-refractivity contribution in [1.82, 2.24) is 15.3 Å². The minimum Gasteiger partial charge on any atom is -0.319 e. The highest BCUT2D eigenvalue weighted by Gasteiger charge is 2.16. The van der Waals surface area contributed by atoms with Gasteiger partial charge in [-0.05, 0) is 30.9 Å². The van der Waals surface area contributed by atoms with Crippen LogP contribution in [0.15, 0.2) is 29.1 Å². The molecule has 2 aromatic rings. The summed E-state index contributed by atoms with van der Waals surface area (Å²) < 4.78 is 0. The van der Waals surface area contributed by atoms with Gasteiger partial charge in [0.05, 0.1) is 10.9 Å². The molecule has 112 valence electrons. The van der Waals surface area contributed by atoms with Crippen LogP contribution in [0.25, 0.3) is 10.9 Å². The van der Waals surface area contributed by atoms with Crippen LogP contribution in [0.3, 0.4) is 0 Å². The second kappa shape index (κ2) is 6.03. The molecule has 0 aliphatic heterocycles. The Balaban J connectivity index is 1.60. The van der Waals surface area contributed by atoms with Crippen LogP contribution in [0.1, 0.15) is 32.1 Å². The summed E-state index contributed by atoms with van der Waals surface area (Å²) in [5.41, 5.74) is 0.279. The normalized spacial score (nSPS) is 16.0. The van der Waals surface area contributed by atoms with Crippen molar-refractivity contribution >= 4 is 17.0 Å². The van der Waals surface area contributed by atoms with E-state index in [9.17, 15) is 9.59 Å². The van der Waals surface area contributed by atoms with Crippen molar-refractivity contribution in [3.05, 3.63) is 34.6 Å². The molecule has 0 radical (unpaired) electrons. The number of hydrogen-bond acceptors (Lipinski definition) is 3. The van der Waals surface area contributed by atoms with Crippen molar-refractivity contribution in [2.75, 3.05) is 6.54 Å². The lowest BCUT2D eigenvalue weighted by Crippen LogP contribution is -2.39. The number of fused-ring (bicyclic) bond motifs is 1. The molecule has 0 spiro atoms. The molecule has 1 aromatic heterocycles. The first-order valence-electron chi connectivity index (χ1n) is 7.40. The fourth-order valence-corrected chi connectivity index (χ4v) is 2.84. The van der Waals surface area contributed by atoms with E-state index in [1.54, 1.807) is 18.2 Å².